The van der Waals surface area contributed by atoms with E-state index >= 15 is 0 Å². The monoisotopic (exact) mass is 794 g/mol. The summed E-state index contributed by atoms with van der Waals surface area (Å²) < 4.78 is 4.83. The topological polar surface area (TPSA) is 26.0 Å². The van der Waals surface area contributed by atoms with E-state index in [1.54, 1.807) is 0 Å². The molecule has 294 valence electrons. The minimum Gasteiger partial charge on any atom is -0.310 e. The van der Waals surface area contributed by atoms with Gasteiger partial charge in [0.25, 0.3) is 0 Å². The molecule has 0 saturated carbocycles. The number of para-hydroxylation sites is 5. The zero-order valence-electron chi connectivity index (χ0n) is 33.2. The summed E-state index contributed by atoms with van der Waals surface area (Å²) >= 11 is 0. The van der Waals surface area contributed by atoms with E-state index in [-0.39, 0.29) is 7.43 Å². The van der Waals surface area contributed by atoms with Crippen molar-refractivity contribution in [3.63, 3.8) is 0 Å². The van der Waals surface area contributed by atoms with Gasteiger partial charge in [-0.05, 0) is 95.4 Å². The van der Waals surface area contributed by atoms with Crippen LogP contribution < -0.4 is 4.90 Å². The number of hydrogen-bond acceptors (Lipinski definition) is 2. The average Bonchev–Trinajstić information content (AvgIpc) is 3.85. The molecular formula is C58H42N4. The third-order valence-corrected chi connectivity index (χ3v) is 12.1. The number of aromatic nitrogens is 3. The first-order chi connectivity index (χ1) is 30.3. The molecule has 4 nitrogen and oxygen atoms in total. The van der Waals surface area contributed by atoms with E-state index < -0.39 is 0 Å². The van der Waals surface area contributed by atoms with Gasteiger partial charge in [-0.15, -0.1) is 0 Å². The quantitative estimate of drug-likeness (QED) is 0.161. The van der Waals surface area contributed by atoms with Crippen LogP contribution in [0.3, 0.4) is 0 Å². The Kier molecular flexibility index (Phi) is 8.98. The zero-order chi connectivity index (χ0) is 40.3. The van der Waals surface area contributed by atoms with Gasteiger partial charge < -0.3 is 14.0 Å². The van der Waals surface area contributed by atoms with Crippen LogP contribution in [0.4, 0.5) is 17.1 Å². The Morgan fingerprint density at radius 2 is 0.758 bits per heavy atom. The fourth-order valence-corrected chi connectivity index (χ4v) is 9.39. The summed E-state index contributed by atoms with van der Waals surface area (Å²) in [6.07, 6.45) is 3.97. The summed E-state index contributed by atoms with van der Waals surface area (Å²) in [5, 5.41) is 7.36. The van der Waals surface area contributed by atoms with Gasteiger partial charge in [0.15, 0.2) is 0 Å². The number of benzene rings is 9. The molecule has 62 heavy (non-hydrogen) atoms. The first-order valence-electron chi connectivity index (χ1n) is 20.8. The van der Waals surface area contributed by atoms with Crippen molar-refractivity contribution in [2.24, 2.45) is 0 Å². The largest absolute Gasteiger partial charge is 0.310 e. The van der Waals surface area contributed by atoms with Crippen LogP contribution >= 0.6 is 0 Å². The van der Waals surface area contributed by atoms with Crippen LogP contribution in [0.2, 0.25) is 0 Å². The lowest BCUT2D eigenvalue weighted by Gasteiger charge is -2.27. The molecule has 12 aromatic rings. The minimum atomic E-state index is 0. The van der Waals surface area contributed by atoms with Gasteiger partial charge in [0.1, 0.15) is 0 Å². The molecule has 0 bridgehead atoms. The van der Waals surface area contributed by atoms with Gasteiger partial charge in [0.05, 0.1) is 27.8 Å². The van der Waals surface area contributed by atoms with Crippen LogP contribution in [-0.2, 0) is 0 Å². The van der Waals surface area contributed by atoms with E-state index in [4.69, 9.17) is 4.98 Å². The van der Waals surface area contributed by atoms with Crippen molar-refractivity contribution in [3.8, 4) is 33.6 Å². The van der Waals surface area contributed by atoms with Gasteiger partial charge in [-0.2, -0.15) is 0 Å². The van der Waals surface area contributed by atoms with Gasteiger partial charge in [0, 0.05) is 73.2 Å². The summed E-state index contributed by atoms with van der Waals surface area (Å²) in [4.78, 5) is 7.23. The minimum absolute atomic E-state index is 0. The molecule has 0 spiro atoms. The first-order valence-corrected chi connectivity index (χ1v) is 20.8. The maximum atomic E-state index is 4.88. The van der Waals surface area contributed by atoms with Crippen molar-refractivity contribution in [2.75, 3.05) is 4.90 Å². The lowest BCUT2D eigenvalue weighted by Crippen LogP contribution is -2.10. The maximum Gasteiger partial charge on any atom is 0.0541 e. The van der Waals surface area contributed by atoms with Gasteiger partial charge in [-0.3, -0.25) is 4.98 Å². The summed E-state index contributed by atoms with van der Waals surface area (Å²) in [6, 6.07) is 78.8. The molecule has 0 radical (unpaired) electrons. The van der Waals surface area contributed by atoms with Crippen LogP contribution in [0.5, 0.6) is 0 Å². The first kappa shape index (κ1) is 36.8. The SMILES string of the molecule is C.c1ccc(N(c2ccc(-c3cncc(-c4cc(-n5c6ccccc6c6ccccc65)cc(-n5c6ccccc6c6ccccc65)c4)c3)cc2)c2cccc3ccccc23)cc1. The second-order valence-electron chi connectivity index (χ2n) is 15.7. The van der Waals surface area contributed by atoms with Crippen molar-refractivity contribution in [3.05, 3.63) is 231 Å². The maximum absolute atomic E-state index is 4.88. The van der Waals surface area contributed by atoms with E-state index in [2.05, 4.69) is 232 Å². The molecule has 3 heterocycles. The van der Waals surface area contributed by atoms with Crippen molar-refractivity contribution in [1.29, 1.82) is 0 Å². The molecule has 12 rings (SSSR count). The molecule has 9 aromatic carbocycles. The number of fused-ring (bicyclic) bond motifs is 7. The van der Waals surface area contributed by atoms with E-state index in [1.165, 1.54) is 54.4 Å². The molecule has 0 fully saturated rings. The summed E-state index contributed by atoms with van der Waals surface area (Å²) in [5.74, 6) is 0. The molecule has 0 saturated heterocycles. The number of nitrogens with zero attached hydrogens (tertiary/aromatic N) is 4. The van der Waals surface area contributed by atoms with Crippen molar-refractivity contribution in [1.82, 2.24) is 14.1 Å². The Morgan fingerprint density at radius 3 is 1.31 bits per heavy atom. The van der Waals surface area contributed by atoms with Crippen LogP contribution in [0.15, 0.2) is 231 Å². The summed E-state index contributed by atoms with van der Waals surface area (Å²) in [6.45, 7) is 0. The van der Waals surface area contributed by atoms with E-state index in [9.17, 15) is 0 Å². The van der Waals surface area contributed by atoms with E-state index in [1.807, 2.05) is 12.4 Å². The summed E-state index contributed by atoms with van der Waals surface area (Å²) in [5.41, 5.74) is 14.5. The fraction of sp³-hybridized carbons (Fsp3) is 0.0172. The van der Waals surface area contributed by atoms with Crippen LogP contribution in [-0.4, -0.2) is 14.1 Å². The van der Waals surface area contributed by atoms with E-state index in [0.29, 0.717) is 0 Å². The molecule has 4 heteroatoms. The third-order valence-electron chi connectivity index (χ3n) is 12.1. The Bertz CT molecular complexity index is 3350. The second kappa shape index (κ2) is 15.1. The van der Waals surface area contributed by atoms with Gasteiger partial charge >= 0.3 is 0 Å². The number of pyridine rings is 1. The van der Waals surface area contributed by atoms with E-state index in [0.717, 1.165) is 50.7 Å². The molecule has 3 aromatic heterocycles. The predicted molar refractivity (Wildman–Crippen MR) is 263 cm³/mol. The Hall–Kier alpha value is -8.21. The molecular weight excluding hydrogens is 753 g/mol. The number of rotatable bonds is 7. The summed E-state index contributed by atoms with van der Waals surface area (Å²) in [7, 11) is 0. The predicted octanol–water partition coefficient (Wildman–Crippen LogP) is 15.9. The molecule has 0 unspecified atom stereocenters. The molecule has 0 amide bonds. The van der Waals surface area contributed by atoms with Crippen molar-refractivity contribution >= 4 is 71.4 Å². The van der Waals surface area contributed by atoms with Gasteiger partial charge in [-0.25, -0.2) is 0 Å². The lowest BCUT2D eigenvalue weighted by atomic mass is 10.00. The zero-order valence-corrected chi connectivity index (χ0v) is 33.2. The average molecular weight is 795 g/mol. The standard InChI is InChI=1S/C57H38N4.CH4/c1-2-17-44(18-3-1)59(53-28-14-16-40-15-4-5-19-48(40)53)45-31-29-39(30-32-45)42-33-43(38-58-37-42)41-34-46(60-54-24-10-6-20-49(54)50-21-7-11-25-55(50)60)36-47(35-41)61-56-26-12-8-22-51(56)52-23-9-13-27-57(52)61;/h1-38H;1H4. The van der Waals surface area contributed by atoms with Crippen LogP contribution in [0, 0.1) is 0 Å². The normalized spacial score (nSPS) is 11.4. The highest BCUT2D eigenvalue weighted by atomic mass is 15.1. The molecule has 0 aliphatic heterocycles. The van der Waals surface area contributed by atoms with Gasteiger partial charge in [0.2, 0.25) is 0 Å². The molecule has 0 aliphatic rings. The highest BCUT2D eigenvalue weighted by molar-refractivity contribution is 6.11. The Labute approximate surface area is 360 Å². The smallest absolute Gasteiger partial charge is 0.0541 e. The highest BCUT2D eigenvalue weighted by Crippen LogP contribution is 2.41. The fourth-order valence-electron chi connectivity index (χ4n) is 9.39. The second-order valence-corrected chi connectivity index (χ2v) is 15.7. The number of hydrogen-bond donors (Lipinski definition) is 0. The van der Waals surface area contributed by atoms with Crippen LogP contribution in [0.1, 0.15) is 7.43 Å². The molecule has 0 aliphatic carbocycles. The molecule has 0 N–H and O–H groups in total. The van der Waals surface area contributed by atoms with Crippen molar-refractivity contribution in [2.45, 2.75) is 7.43 Å². The lowest BCUT2D eigenvalue weighted by molar-refractivity contribution is 1.13. The molecule has 0 atom stereocenters. The van der Waals surface area contributed by atoms with Crippen LogP contribution in [0.25, 0.3) is 88.0 Å². The van der Waals surface area contributed by atoms with Crippen molar-refractivity contribution < 1.29 is 0 Å². The highest BCUT2D eigenvalue weighted by Gasteiger charge is 2.19. The Morgan fingerprint density at radius 1 is 0.323 bits per heavy atom. The number of anilines is 3. The Balaban J connectivity index is 0.00000432. The third kappa shape index (κ3) is 6.03. The van der Waals surface area contributed by atoms with Gasteiger partial charge in [-0.1, -0.05) is 147 Å².